The lowest BCUT2D eigenvalue weighted by molar-refractivity contribution is -0.139. The summed E-state index contributed by atoms with van der Waals surface area (Å²) in [5, 5.41) is 10.6. The molecule has 25 heavy (non-hydrogen) atoms. The molecular formula is C18H22O7. The van der Waals surface area contributed by atoms with Crippen LogP contribution in [0.5, 0.6) is 17.2 Å². The number of ether oxygens (including phenoxy) is 4. The summed E-state index contributed by atoms with van der Waals surface area (Å²) in [6.45, 7) is 6.71. The van der Waals surface area contributed by atoms with Crippen LogP contribution in [-0.2, 0) is 9.47 Å². The van der Waals surface area contributed by atoms with Gasteiger partial charge in [-0.05, 0) is 32.9 Å². The first-order chi connectivity index (χ1) is 11.9. The fraction of sp³-hybridized carbons (Fsp3) is 0.500. The first-order valence-corrected chi connectivity index (χ1v) is 8.27. The van der Waals surface area contributed by atoms with Gasteiger partial charge in [-0.3, -0.25) is 0 Å². The van der Waals surface area contributed by atoms with E-state index in [1.165, 1.54) is 0 Å². The highest BCUT2D eigenvalue weighted by Crippen LogP contribution is 2.33. The van der Waals surface area contributed by atoms with Crippen LogP contribution in [0.15, 0.2) is 27.4 Å². The number of hydrogen-bond donors (Lipinski definition) is 1. The Morgan fingerprint density at radius 1 is 1.32 bits per heavy atom. The van der Waals surface area contributed by atoms with Crippen molar-refractivity contribution in [1.29, 1.82) is 0 Å². The number of benzene rings is 1. The Kier molecular flexibility index (Phi) is 4.87. The normalized spacial score (nSPS) is 19.2. The molecule has 1 aromatic heterocycles. The predicted molar refractivity (Wildman–Crippen MR) is 90.3 cm³/mol. The molecule has 1 N–H and O–H groups in total. The molecule has 1 fully saturated rings. The van der Waals surface area contributed by atoms with Gasteiger partial charge in [0, 0.05) is 12.5 Å². The maximum Gasteiger partial charge on any atom is 0.383 e. The van der Waals surface area contributed by atoms with Crippen LogP contribution in [0.1, 0.15) is 27.2 Å². The van der Waals surface area contributed by atoms with Crippen LogP contribution in [0.4, 0.5) is 0 Å². The third-order valence-corrected chi connectivity index (χ3v) is 3.88. The molecule has 1 unspecified atom stereocenters. The Hall–Kier alpha value is -2.25. The average molecular weight is 350 g/mol. The van der Waals surface area contributed by atoms with Gasteiger partial charge < -0.3 is 28.5 Å². The molecular weight excluding hydrogens is 328 g/mol. The second-order valence-corrected chi connectivity index (χ2v) is 6.25. The minimum atomic E-state index is -0.720. The molecule has 1 aromatic carbocycles. The molecule has 1 aliphatic rings. The van der Waals surface area contributed by atoms with Crippen molar-refractivity contribution in [1.82, 2.24) is 0 Å². The van der Waals surface area contributed by atoms with Crippen LogP contribution in [0.25, 0.3) is 11.0 Å². The van der Waals surface area contributed by atoms with Crippen molar-refractivity contribution in [2.45, 2.75) is 39.1 Å². The second-order valence-electron chi connectivity index (χ2n) is 6.25. The Morgan fingerprint density at radius 2 is 2.12 bits per heavy atom. The molecule has 7 heteroatoms. The molecule has 3 rings (SSSR count). The molecule has 0 radical (unpaired) electrons. The fourth-order valence-electron chi connectivity index (χ4n) is 2.72. The molecule has 0 saturated carbocycles. The van der Waals surface area contributed by atoms with Crippen molar-refractivity contribution in [2.24, 2.45) is 0 Å². The Labute approximate surface area is 145 Å². The largest absolute Gasteiger partial charge is 0.504 e. The smallest absolute Gasteiger partial charge is 0.383 e. The summed E-state index contributed by atoms with van der Waals surface area (Å²) >= 11 is 0. The molecule has 2 aromatic rings. The zero-order valence-corrected chi connectivity index (χ0v) is 14.5. The Morgan fingerprint density at radius 3 is 2.80 bits per heavy atom. The van der Waals surface area contributed by atoms with E-state index in [-0.39, 0.29) is 29.8 Å². The third kappa shape index (κ3) is 3.88. The van der Waals surface area contributed by atoms with Crippen molar-refractivity contribution in [2.75, 3.05) is 19.8 Å². The van der Waals surface area contributed by atoms with Crippen LogP contribution in [0.2, 0.25) is 0 Å². The molecule has 136 valence electrons. The minimum absolute atomic E-state index is 0.00816. The van der Waals surface area contributed by atoms with Crippen LogP contribution < -0.4 is 15.1 Å². The summed E-state index contributed by atoms with van der Waals surface area (Å²) < 4.78 is 27.3. The van der Waals surface area contributed by atoms with E-state index in [9.17, 15) is 9.90 Å². The van der Waals surface area contributed by atoms with E-state index < -0.39 is 11.4 Å². The predicted octanol–water partition coefficient (Wildman–Crippen LogP) is 2.82. The van der Waals surface area contributed by atoms with E-state index in [2.05, 4.69) is 0 Å². The summed E-state index contributed by atoms with van der Waals surface area (Å²) in [5.74, 6) is -0.409. The van der Waals surface area contributed by atoms with Gasteiger partial charge in [0.15, 0.2) is 11.5 Å². The van der Waals surface area contributed by atoms with Gasteiger partial charge in [-0.2, -0.15) is 0 Å². The SMILES string of the molecule is CCOc1c(O)c2ccc(OCCC3COC(C)(C)O3)cc2oc1=O. The van der Waals surface area contributed by atoms with Crippen LogP contribution in [-0.4, -0.2) is 36.8 Å². The summed E-state index contributed by atoms with van der Waals surface area (Å²) in [6, 6.07) is 4.90. The lowest BCUT2D eigenvalue weighted by Gasteiger charge is -2.17. The van der Waals surface area contributed by atoms with Gasteiger partial charge in [-0.1, -0.05) is 0 Å². The molecule has 0 aliphatic carbocycles. The molecule has 7 nitrogen and oxygen atoms in total. The maximum atomic E-state index is 11.9. The highest BCUT2D eigenvalue weighted by Gasteiger charge is 2.32. The van der Waals surface area contributed by atoms with Crippen molar-refractivity contribution in [3.63, 3.8) is 0 Å². The van der Waals surface area contributed by atoms with Crippen molar-refractivity contribution in [3.8, 4) is 17.2 Å². The lowest BCUT2D eigenvalue weighted by atomic mass is 10.2. The zero-order valence-electron chi connectivity index (χ0n) is 14.5. The summed E-state index contributed by atoms with van der Waals surface area (Å²) in [5.41, 5.74) is -0.479. The van der Waals surface area contributed by atoms with E-state index in [0.717, 1.165) is 0 Å². The first-order valence-electron chi connectivity index (χ1n) is 8.27. The summed E-state index contributed by atoms with van der Waals surface area (Å²) in [6.07, 6.45) is 0.672. The lowest BCUT2D eigenvalue weighted by Crippen LogP contribution is -2.22. The standard InChI is InChI=1S/C18H22O7/c1-4-21-16-15(19)13-6-5-11(9-14(13)24-17(16)20)22-8-7-12-10-23-18(2,3)25-12/h5-6,9,12,19H,4,7-8,10H2,1-3H3. The van der Waals surface area contributed by atoms with Crippen LogP contribution >= 0.6 is 0 Å². The Bertz CT molecular complexity index is 809. The van der Waals surface area contributed by atoms with Gasteiger partial charge in [-0.15, -0.1) is 0 Å². The van der Waals surface area contributed by atoms with Crippen molar-refractivity contribution >= 4 is 11.0 Å². The fourth-order valence-corrected chi connectivity index (χ4v) is 2.72. The van der Waals surface area contributed by atoms with Gasteiger partial charge in [0.25, 0.3) is 0 Å². The summed E-state index contributed by atoms with van der Waals surface area (Å²) in [4.78, 5) is 11.9. The van der Waals surface area contributed by atoms with Gasteiger partial charge >= 0.3 is 5.63 Å². The van der Waals surface area contributed by atoms with Gasteiger partial charge in [0.2, 0.25) is 5.75 Å². The summed E-state index contributed by atoms with van der Waals surface area (Å²) in [7, 11) is 0. The quantitative estimate of drug-likeness (QED) is 0.802. The monoisotopic (exact) mass is 350 g/mol. The van der Waals surface area contributed by atoms with Gasteiger partial charge in [0.05, 0.1) is 31.3 Å². The highest BCUT2D eigenvalue weighted by atomic mass is 16.7. The number of aromatic hydroxyl groups is 1. The molecule has 0 bridgehead atoms. The number of fused-ring (bicyclic) bond motifs is 1. The second kappa shape index (κ2) is 6.93. The van der Waals surface area contributed by atoms with E-state index >= 15 is 0 Å². The van der Waals surface area contributed by atoms with E-state index in [1.807, 2.05) is 13.8 Å². The van der Waals surface area contributed by atoms with E-state index in [4.69, 9.17) is 23.4 Å². The molecule has 0 amide bonds. The molecule has 2 heterocycles. The Balaban J connectivity index is 1.69. The third-order valence-electron chi connectivity index (χ3n) is 3.88. The van der Waals surface area contributed by atoms with Crippen molar-refractivity contribution < 1.29 is 28.5 Å². The minimum Gasteiger partial charge on any atom is -0.504 e. The average Bonchev–Trinajstić information content (AvgIpc) is 2.90. The number of rotatable bonds is 6. The zero-order chi connectivity index (χ0) is 18.0. The molecule has 1 aliphatic heterocycles. The molecule has 0 spiro atoms. The van der Waals surface area contributed by atoms with E-state index in [1.54, 1.807) is 25.1 Å². The van der Waals surface area contributed by atoms with E-state index in [0.29, 0.717) is 30.8 Å². The molecule has 1 atom stereocenters. The van der Waals surface area contributed by atoms with Crippen LogP contribution in [0.3, 0.4) is 0 Å². The topological polar surface area (TPSA) is 87.4 Å². The highest BCUT2D eigenvalue weighted by molar-refractivity contribution is 5.86. The molecule has 1 saturated heterocycles. The first kappa shape index (κ1) is 17.6. The van der Waals surface area contributed by atoms with Crippen molar-refractivity contribution in [3.05, 3.63) is 28.6 Å². The maximum absolute atomic E-state index is 11.9. The van der Waals surface area contributed by atoms with Gasteiger partial charge in [-0.25, -0.2) is 4.79 Å². The van der Waals surface area contributed by atoms with Gasteiger partial charge in [0.1, 0.15) is 11.3 Å². The van der Waals surface area contributed by atoms with Crippen LogP contribution in [0, 0.1) is 0 Å². The number of hydrogen-bond acceptors (Lipinski definition) is 7.